The van der Waals surface area contributed by atoms with Gasteiger partial charge in [0.1, 0.15) is 0 Å². The summed E-state index contributed by atoms with van der Waals surface area (Å²) in [6, 6.07) is 8.62. The van der Waals surface area contributed by atoms with Gasteiger partial charge in [0, 0.05) is 23.6 Å². The Labute approximate surface area is 140 Å². The van der Waals surface area contributed by atoms with Crippen LogP contribution in [-0.4, -0.2) is 28.7 Å². The van der Waals surface area contributed by atoms with Crippen LogP contribution in [0.2, 0.25) is 0 Å². The number of carbonyl (C=O) groups excluding carboxylic acids is 2. The number of pyridine rings is 1. The predicted molar refractivity (Wildman–Crippen MR) is 85.0 cm³/mol. The molecule has 0 aliphatic rings. The van der Waals surface area contributed by atoms with Crippen molar-refractivity contribution in [3.05, 3.63) is 59.9 Å². The second-order valence-electron chi connectivity index (χ2n) is 4.90. The van der Waals surface area contributed by atoms with Crippen LogP contribution in [0, 0.1) is 0 Å². The van der Waals surface area contributed by atoms with Crippen molar-refractivity contribution in [3.8, 4) is 0 Å². The van der Waals surface area contributed by atoms with Crippen molar-refractivity contribution in [2.45, 2.75) is 13.1 Å². The van der Waals surface area contributed by atoms with E-state index in [2.05, 4.69) is 15.5 Å². The SMILES string of the molecule is CC(=NNC(=O)c1ccncc1)c1ccc(NC(=O)C(F)(F)F)cc1. The number of benzene rings is 1. The van der Waals surface area contributed by atoms with E-state index in [0.29, 0.717) is 16.8 Å². The van der Waals surface area contributed by atoms with Gasteiger partial charge in [0.2, 0.25) is 0 Å². The monoisotopic (exact) mass is 350 g/mol. The second-order valence-corrected chi connectivity index (χ2v) is 4.90. The van der Waals surface area contributed by atoms with Gasteiger partial charge in [0.25, 0.3) is 5.91 Å². The zero-order valence-corrected chi connectivity index (χ0v) is 13.0. The Kier molecular flexibility index (Phi) is 5.48. The van der Waals surface area contributed by atoms with Crippen LogP contribution in [0.4, 0.5) is 18.9 Å². The maximum Gasteiger partial charge on any atom is 0.471 e. The molecule has 2 aromatic rings. The van der Waals surface area contributed by atoms with Gasteiger partial charge < -0.3 is 5.32 Å². The fourth-order valence-corrected chi connectivity index (χ4v) is 1.76. The molecule has 0 atom stereocenters. The van der Waals surface area contributed by atoms with Crippen molar-refractivity contribution in [1.82, 2.24) is 10.4 Å². The van der Waals surface area contributed by atoms with Crippen molar-refractivity contribution in [2.75, 3.05) is 5.32 Å². The fourth-order valence-electron chi connectivity index (χ4n) is 1.76. The van der Waals surface area contributed by atoms with Gasteiger partial charge in [0.15, 0.2) is 0 Å². The number of aromatic nitrogens is 1. The highest BCUT2D eigenvalue weighted by Crippen LogP contribution is 2.18. The molecule has 0 saturated heterocycles. The van der Waals surface area contributed by atoms with Gasteiger partial charge in [-0.05, 0) is 36.8 Å². The van der Waals surface area contributed by atoms with Crippen molar-refractivity contribution in [3.63, 3.8) is 0 Å². The number of anilines is 1. The summed E-state index contributed by atoms with van der Waals surface area (Å²) < 4.78 is 36.5. The quantitative estimate of drug-likeness (QED) is 0.657. The minimum atomic E-state index is -4.95. The van der Waals surface area contributed by atoms with Gasteiger partial charge in [-0.15, -0.1) is 0 Å². The standard InChI is InChI=1S/C16H13F3N4O2/c1-10(22-23-14(24)12-6-8-20-9-7-12)11-2-4-13(5-3-11)21-15(25)16(17,18)19/h2-9H,1H3,(H,21,25)(H,23,24). The highest BCUT2D eigenvalue weighted by atomic mass is 19.4. The van der Waals surface area contributed by atoms with E-state index in [1.807, 2.05) is 0 Å². The van der Waals surface area contributed by atoms with Crippen LogP contribution < -0.4 is 10.7 Å². The molecule has 1 heterocycles. The maximum atomic E-state index is 12.2. The maximum absolute atomic E-state index is 12.2. The zero-order valence-electron chi connectivity index (χ0n) is 13.0. The summed E-state index contributed by atoms with van der Waals surface area (Å²) in [5.74, 6) is -2.47. The van der Waals surface area contributed by atoms with Gasteiger partial charge >= 0.3 is 12.1 Å². The molecule has 1 aromatic carbocycles. The molecule has 130 valence electrons. The van der Waals surface area contributed by atoms with Crippen LogP contribution in [-0.2, 0) is 4.79 Å². The molecule has 2 amide bonds. The highest BCUT2D eigenvalue weighted by Gasteiger charge is 2.38. The third-order valence-corrected chi connectivity index (χ3v) is 3.09. The Morgan fingerprint density at radius 1 is 1.00 bits per heavy atom. The van der Waals surface area contributed by atoms with E-state index in [1.54, 1.807) is 12.2 Å². The van der Waals surface area contributed by atoms with Crippen molar-refractivity contribution in [2.24, 2.45) is 5.10 Å². The van der Waals surface area contributed by atoms with Crippen LogP contribution in [0.5, 0.6) is 0 Å². The molecule has 0 radical (unpaired) electrons. The Morgan fingerprint density at radius 2 is 1.60 bits per heavy atom. The number of alkyl halides is 3. The molecule has 0 fully saturated rings. The van der Waals surface area contributed by atoms with Crippen molar-refractivity contribution >= 4 is 23.2 Å². The number of hydrogen-bond donors (Lipinski definition) is 2. The normalized spacial score (nSPS) is 11.8. The molecule has 0 unspecified atom stereocenters. The summed E-state index contributed by atoms with van der Waals surface area (Å²) >= 11 is 0. The molecule has 9 heteroatoms. The van der Waals surface area contributed by atoms with E-state index in [1.165, 1.54) is 48.8 Å². The molecule has 0 saturated carbocycles. The smallest absolute Gasteiger partial charge is 0.318 e. The number of halogens is 3. The minimum Gasteiger partial charge on any atom is -0.318 e. The summed E-state index contributed by atoms with van der Waals surface area (Å²) in [5, 5.41) is 5.67. The lowest BCUT2D eigenvalue weighted by Crippen LogP contribution is -2.29. The number of amides is 2. The van der Waals surface area contributed by atoms with E-state index in [4.69, 9.17) is 0 Å². The molecule has 0 bridgehead atoms. The topological polar surface area (TPSA) is 83.4 Å². The van der Waals surface area contributed by atoms with E-state index in [0.717, 1.165) is 0 Å². The number of rotatable bonds is 4. The Balaban J connectivity index is 2.01. The summed E-state index contributed by atoms with van der Waals surface area (Å²) in [4.78, 5) is 26.5. The van der Waals surface area contributed by atoms with Gasteiger partial charge in [-0.2, -0.15) is 18.3 Å². The largest absolute Gasteiger partial charge is 0.471 e. The average Bonchev–Trinajstić information content (AvgIpc) is 2.60. The molecule has 25 heavy (non-hydrogen) atoms. The number of carbonyl (C=O) groups is 2. The van der Waals surface area contributed by atoms with Crippen molar-refractivity contribution < 1.29 is 22.8 Å². The molecular formula is C16H13F3N4O2. The van der Waals surface area contributed by atoms with E-state index in [9.17, 15) is 22.8 Å². The zero-order chi connectivity index (χ0) is 18.4. The van der Waals surface area contributed by atoms with E-state index >= 15 is 0 Å². The summed E-state index contributed by atoms with van der Waals surface area (Å²) in [7, 11) is 0. The van der Waals surface area contributed by atoms with Crippen LogP contribution in [0.1, 0.15) is 22.8 Å². The first-order valence-electron chi connectivity index (χ1n) is 7.00. The lowest BCUT2D eigenvalue weighted by atomic mass is 10.1. The van der Waals surface area contributed by atoms with Gasteiger partial charge in [-0.1, -0.05) is 12.1 Å². The lowest BCUT2D eigenvalue weighted by Gasteiger charge is -2.08. The molecule has 2 N–H and O–H groups in total. The minimum absolute atomic E-state index is 0.000281. The number of nitrogens with one attached hydrogen (secondary N) is 2. The molecule has 6 nitrogen and oxygen atoms in total. The molecule has 0 aliphatic heterocycles. The Hall–Kier alpha value is -3.23. The first kappa shape index (κ1) is 18.1. The van der Waals surface area contributed by atoms with E-state index in [-0.39, 0.29) is 5.69 Å². The Morgan fingerprint density at radius 3 is 2.16 bits per heavy atom. The van der Waals surface area contributed by atoms with Gasteiger partial charge in [0.05, 0.1) is 5.71 Å². The number of hydrazone groups is 1. The Bertz CT molecular complexity index is 787. The van der Waals surface area contributed by atoms with Gasteiger partial charge in [-0.3, -0.25) is 14.6 Å². The highest BCUT2D eigenvalue weighted by molar-refractivity contribution is 6.01. The third-order valence-electron chi connectivity index (χ3n) is 3.09. The van der Waals surface area contributed by atoms with Gasteiger partial charge in [-0.25, -0.2) is 5.43 Å². The molecule has 1 aromatic heterocycles. The first-order valence-corrected chi connectivity index (χ1v) is 7.00. The second kappa shape index (κ2) is 7.56. The molecular weight excluding hydrogens is 337 g/mol. The van der Waals surface area contributed by atoms with Crippen LogP contribution in [0.25, 0.3) is 0 Å². The first-order chi connectivity index (χ1) is 11.8. The van der Waals surface area contributed by atoms with Crippen LogP contribution >= 0.6 is 0 Å². The third kappa shape index (κ3) is 5.13. The summed E-state index contributed by atoms with van der Waals surface area (Å²) in [6.07, 6.45) is -2.01. The van der Waals surface area contributed by atoms with Crippen LogP contribution in [0.15, 0.2) is 53.9 Å². The fraction of sp³-hybridized carbons (Fsp3) is 0.125. The predicted octanol–water partition coefficient (Wildman–Crippen LogP) is 2.74. The van der Waals surface area contributed by atoms with E-state index < -0.39 is 18.0 Å². The average molecular weight is 350 g/mol. The molecule has 2 rings (SSSR count). The summed E-state index contributed by atoms with van der Waals surface area (Å²) in [5.41, 5.74) is 3.76. The lowest BCUT2D eigenvalue weighted by molar-refractivity contribution is -0.167. The molecule has 0 spiro atoms. The number of hydrogen-bond acceptors (Lipinski definition) is 4. The van der Waals surface area contributed by atoms with Crippen LogP contribution in [0.3, 0.4) is 0 Å². The number of nitrogens with zero attached hydrogens (tertiary/aromatic N) is 2. The molecule has 0 aliphatic carbocycles. The van der Waals surface area contributed by atoms with Crippen molar-refractivity contribution in [1.29, 1.82) is 0 Å². The summed E-state index contributed by atoms with van der Waals surface area (Å²) in [6.45, 7) is 1.62.